The molecule has 1 aromatic carbocycles. The average Bonchev–Trinajstić information content (AvgIpc) is 2.62. The van der Waals surface area contributed by atoms with Crippen molar-refractivity contribution in [1.82, 2.24) is 10.2 Å². The molecule has 1 fully saturated rings. The van der Waals surface area contributed by atoms with Gasteiger partial charge in [0.25, 0.3) is 0 Å². The van der Waals surface area contributed by atoms with Gasteiger partial charge in [-0.15, -0.1) is 0 Å². The van der Waals surface area contributed by atoms with Gasteiger partial charge in [0.15, 0.2) is 0 Å². The zero-order valence-corrected chi connectivity index (χ0v) is 15.1. The van der Waals surface area contributed by atoms with Crippen LogP contribution in [0, 0.1) is 5.41 Å². The number of hydrogen-bond donors (Lipinski definition) is 4. The van der Waals surface area contributed by atoms with E-state index in [1.165, 1.54) is 12.0 Å². The molecule has 25 heavy (non-hydrogen) atoms. The van der Waals surface area contributed by atoms with E-state index >= 15 is 0 Å². The monoisotopic (exact) mass is 344 g/mol. The van der Waals surface area contributed by atoms with Gasteiger partial charge >= 0.3 is 6.03 Å². The number of nitrogens with zero attached hydrogens (tertiary/aromatic N) is 2. The molecule has 0 atom stereocenters. The summed E-state index contributed by atoms with van der Waals surface area (Å²) in [7, 11) is 0. The van der Waals surface area contributed by atoms with Crippen molar-refractivity contribution >= 4 is 23.6 Å². The van der Waals surface area contributed by atoms with Crippen molar-refractivity contribution in [2.24, 2.45) is 10.7 Å². The van der Waals surface area contributed by atoms with Crippen LogP contribution in [0.15, 0.2) is 23.2 Å². The standard InChI is InChI=1S/C18H28N6O/c1-3-13-8-9-15(14(4-2)12-13)21-18(25)23-16(19)22-17(20)24-10-6-5-7-11-24/h8-9,12H,3-7,10-11H2,1-2H3,(H5,19,20,21,22,23,25). The molecule has 0 radical (unpaired) electrons. The highest BCUT2D eigenvalue weighted by Gasteiger charge is 2.14. The van der Waals surface area contributed by atoms with Crippen molar-refractivity contribution in [3.05, 3.63) is 29.3 Å². The molecule has 1 heterocycles. The molecule has 5 N–H and O–H groups in total. The molecule has 1 saturated heterocycles. The number of urea groups is 1. The predicted octanol–water partition coefficient (Wildman–Crippen LogP) is 2.67. The number of hydrogen-bond acceptors (Lipinski definition) is 2. The van der Waals surface area contributed by atoms with Crippen molar-refractivity contribution in [3.63, 3.8) is 0 Å². The second-order valence-electron chi connectivity index (χ2n) is 6.15. The van der Waals surface area contributed by atoms with Crippen LogP contribution in [0.2, 0.25) is 0 Å². The van der Waals surface area contributed by atoms with Gasteiger partial charge in [0.2, 0.25) is 11.9 Å². The summed E-state index contributed by atoms with van der Waals surface area (Å²) in [6, 6.07) is 5.55. The average molecular weight is 344 g/mol. The van der Waals surface area contributed by atoms with Crippen LogP contribution >= 0.6 is 0 Å². The highest BCUT2D eigenvalue weighted by Crippen LogP contribution is 2.18. The van der Waals surface area contributed by atoms with Crippen molar-refractivity contribution in [1.29, 1.82) is 5.41 Å². The van der Waals surface area contributed by atoms with E-state index in [-0.39, 0.29) is 11.9 Å². The van der Waals surface area contributed by atoms with E-state index in [1.807, 2.05) is 24.0 Å². The van der Waals surface area contributed by atoms with E-state index < -0.39 is 6.03 Å². The number of aryl methyl sites for hydroxylation is 2. The van der Waals surface area contributed by atoms with Gasteiger partial charge in [-0.1, -0.05) is 26.0 Å². The number of benzene rings is 1. The summed E-state index contributed by atoms with van der Waals surface area (Å²) in [5.41, 5.74) is 8.83. The van der Waals surface area contributed by atoms with Gasteiger partial charge in [0.05, 0.1) is 0 Å². The number of likely N-dealkylation sites (tertiary alicyclic amines) is 1. The van der Waals surface area contributed by atoms with E-state index in [9.17, 15) is 4.79 Å². The summed E-state index contributed by atoms with van der Waals surface area (Å²) in [5, 5.41) is 13.3. The molecular weight excluding hydrogens is 316 g/mol. The van der Waals surface area contributed by atoms with Crippen molar-refractivity contribution in [3.8, 4) is 0 Å². The fourth-order valence-electron chi connectivity index (χ4n) is 2.87. The summed E-state index contributed by atoms with van der Waals surface area (Å²) in [6.45, 7) is 5.77. The lowest BCUT2D eigenvalue weighted by Crippen LogP contribution is -2.42. The van der Waals surface area contributed by atoms with Gasteiger partial charge in [-0.2, -0.15) is 4.99 Å². The van der Waals surface area contributed by atoms with Crippen LogP contribution in [-0.4, -0.2) is 35.9 Å². The minimum absolute atomic E-state index is 0.0729. The maximum Gasteiger partial charge on any atom is 0.326 e. The number of carbonyl (C=O) groups is 1. The first-order valence-electron chi connectivity index (χ1n) is 8.91. The molecular formula is C18H28N6O. The molecule has 136 valence electrons. The lowest BCUT2D eigenvalue weighted by Gasteiger charge is -2.26. The largest absolute Gasteiger partial charge is 0.369 e. The maximum absolute atomic E-state index is 12.1. The number of aliphatic imine (C=N–C) groups is 1. The minimum atomic E-state index is -0.452. The Morgan fingerprint density at radius 3 is 2.60 bits per heavy atom. The Hall–Kier alpha value is -2.57. The van der Waals surface area contributed by atoms with Crippen LogP contribution in [0.25, 0.3) is 0 Å². The molecule has 0 saturated carbocycles. The summed E-state index contributed by atoms with van der Waals surface area (Å²) in [6.07, 6.45) is 5.07. The lowest BCUT2D eigenvalue weighted by atomic mass is 10.0. The van der Waals surface area contributed by atoms with Crippen molar-refractivity contribution < 1.29 is 4.79 Å². The normalized spacial score (nSPS) is 15.0. The zero-order valence-electron chi connectivity index (χ0n) is 15.1. The number of piperidine rings is 1. The highest BCUT2D eigenvalue weighted by atomic mass is 16.2. The minimum Gasteiger partial charge on any atom is -0.369 e. The summed E-state index contributed by atoms with van der Waals surface area (Å²) in [4.78, 5) is 18.0. The molecule has 2 amide bonds. The zero-order chi connectivity index (χ0) is 18.2. The molecule has 0 spiro atoms. The topological polar surface area (TPSA) is 107 Å². The fraction of sp³-hybridized carbons (Fsp3) is 0.500. The Balaban J connectivity index is 1.95. The third-order valence-electron chi connectivity index (χ3n) is 4.33. The van der Waals surface area contributed by atoms with E-state index in [4.69, 9.17) is 11.1 Å². The first-order chi connectivity index (χ1) is 12.0. The van der Waals surface area contributed by atoms with Gasteiger partial charge in [-0.3, -0.25) is 10.7 Å². The van der Waals surface area contributed by atoms with E-state index in [0.29, 0.717) is 0 Å². The number of carbonyl (C=O) groups excluding carboxylic acids is 1. The summed E-state index contributed by atoms with van der Waals surface area (Å²) < 4.78 is 0. The van der Waals surface area contributed by atoms with Crippen LogP contribution in [-0.2, 0) is 12.8 Å². The lowest BCUT2D eigenvalue weighted by molar-refractivity contribution is 0.256. The molecule has 0 aromatic heterocycles. The maximum atomic E-state index is 12.1. The molecule has 0 unspecified atom stereocenters. The Morgan fingerprint density at radius 1 is 1.24 bits per heavy atom. The van der Waals surface area contributed by atoms with Crippen molar-refractivity contribution in [2.45, 2.75) is 46.0 Å². The number of nitrogens with one attached hydrogen (secondary N) is 3. The fourth-order valence-corrected chi connectivity index (χ4v) is 2.87. The van der Waals surface area contributed by atoms with Crippen molar-refractivity contribution in [2.75, 3.05) is 18.4 Å². The van der Waals surface area contributed by atoms with Crippen LogP contribution in [0.5, 0.6) is 0 Å². The Labute approximate surface area is 149 Å². The highest BCUT2D eigenvalue weighted by molar-refractivity contribution is 6.05. The quantitative estimate of drug-likeness (QED) is 0.500. The summed E-state index contributed by atoms with van der Waals surface area (Å²) >= 11 is 0. The Morgan fingerprint density at radius 2 is 1.96 bits per heavy atom. The van der Waals surface area contributed by atoms with Crippen LogP contribution in [0.3, 0.4) is 0 Å². The second-order valence-corrected chi connectivity index (χ2v) is 6.15. The van der Waals surface area contributed by atoms with E-state index in [2.05, 4.69) is 28.6 Å². The van der Waals surface area contributed by atoms with E-state index in [0.717, 1.165) is 50.0 Å². The number of amides is 2. The molecule has 7 heteroatoms. The number of rotatable bonds is 3. The first-order valence-corrected chi connectivity index (χ1v) is 8.91. The van der Waals surface area contributed by atoms with Gasteiger partial charge in [0, 0.05) is 18.8 Å². The van der Waals surface area contributed by atoms with Gasteiger partial charge in [-0.25, -0.2) is 4.79 Å². The molecule has 0 aliphatic carbocycles. The smallest absolute Gasteiger partial charge is 0.326 e. The molecule has 1 aliphatic rings. The Kier molecular flexibility index (Phi) is 6.80. The predicted molar refractivity (Wildman–Crippen MR) is 102 cm³/mol. The molecule has 0 bridgehead atoms. The van der Waals surface area contributed by atoms with Gasteiger partial charge in [0.1, 0.15) is 0 Å². The third-order valence-corrected chi connectivity index (χ3v) is 4.33. The van der Waals surface area contributed by atoms with E-state index in [1.54, 1.807) is 0 Å². The molecule has 1 aromatic rings. The molecule has 7 nitrogen and oxygen atoms in total. The molecule has 1 aliphatic heterocycles. The van der Waals surface area contributed by atoms with Gasteiger partial charge < -0.3 is 16.0 Å². The van der Waals surface area contributed by atoms with Gasteiger partial charge in [-0.05, 0) is 49.3 Å². The molecule has 2 rings (SSSR count). The second kappa shape index (κ2) is 9.05. The van der Waals surface area contributed by atoms with Crippen LogP contribution in [0.1, 0.15) is 44.2 Å². The number of guanidine groups is 2. The number of anilines is 1. The first kappa shape index (κ1) is 18.8. The third kappa shape index (κ3) is 5.48. The number of nitrogens with two attached hydrogens (primary N) is 1. The van der Waals surface area contributed by atoms with Crippen LogP contribution in [0.4, 0.5) is 10.5 Å². The SMILES string of the molecule is CCc1ccc(NC(=O)N/C(N)=N/C(=N)N2CCCCC2)c(CC)c1. The Bertz CT molecular complexity index is 649. The summed E-state index contributed by atoms with van der Waals surface area (Å²) in [5.74, 6) is 0.0235. The van der Waals surface area contributed by atoms with Crippen LogP contribution < -0.4 is 16.4 Å².